The molecular formula is C38H30N2P2. The van der Waals surface area contributed by atoms with Gasteiger partial charge < -0.3 is 0 Å². The molecule has 0 radical (unpaired) electrons. The van der Waals surface area contributed by atoms with Gasteiger partial charge in [0, 0.05) is 33.8 Å². The summed E-state index contributed by atoms with van der Waals surface area (Å²) in [5, 5.41) is 9.39. The highest BCUT2D eigenvalue weighted by molar-refractivity contribution is 7.93. The van der Waals surface area contributed by atoms with Crippen molar-refractivity contribution in [1.82, 2.24) is 9.97 Å². The van der Waals surface area contributed by atoms with Crippen LogP contribution < -0.4 is 31.8 Å². The Balaban J connectivity index is 1.39. The average Bonchev–Trinajstić information content (AvgIpc) is 3.08. The van der Waals surface area contributed by atoms with Crippen LogP contribution in [0.15, 0.2) is 158 Å². The molecule has 0 spiro atoms. The van der Waals surface area contributed by atoms with Crippen LogP contribution in [0.2, 0.25) is 0 Å². The Kier molecular flexibility index (Phi) is 6.75. The van der Waals surface area contributed by atoms with Gasteiger partial charge >= 0.3 is 0 Å². The minimum absolute atomic E-state index is 0.905. The molecule has 0 bridgehead atoms. The highest BCUT2D eigenvalue weighted by Gasteiger charge is 2.25. The molecule has 4 heteroatoms. The Morgan fingerprint density at radius 3 is 0.929 bits per heavy atom. The first-order valence-electron chi connectivity index (χ1n) is 14.0. The van der Waals surface area contributed by atoms with Crippen molar-refractivity contribution in [2.24, 2.45) is 0 Å². The van der Waals surface area contributed by atoms with E-state index in [1.807, 2.05) is 12.4 Å². The number of fused-ring (bicyclic) bond motifs is 3. The van der Waals surface area contributed by atoms with Crippen LogP contribution in [-0.2, 0) is 0 Å². The lowest BCUT2D eigenvalue weighted by atomic mass is 10.1. The van der Waals surface area contributed by atoms with E-state index in [2.05, 4.69) is 146 Å². The van der Waals surface area contributed by atoms with Crippen LogP contribution >= 0.6 is 13.8 Å². The third-order valence-corrected chi connectivity index (χ3v) is 15.1. The maximum Gasteiger partial charge on any atom is 0.0965 e. The normalized spacial score (nSPS) is 12.0. The number of rotatable bonds is 6. The number of hydrogen-bond acceptors (Lipinski definition) is 2. The van der Waals surface area contributed by atoms with Crippen molar-refractivity contribution in [1.29, 1.82) is 0 Å². The molecule has 0 aliphatic rings. The molecule has 0 amide bonds. The molecule has 0 N–H and O–H groups in total. The van der Waals surface area contributed by atoms with Gasteiger partial charge in [-0.25, -0.2) is 0 Å². The molecule has 7 aromatic rings. The number of pyridine rings is 2. The highest BCUT2D eigenvalue weighted by Crippen LogP contribution is 2.43. The van der Waals surface area contributed by atoms with Crippen molar-refractivity contribution in [3.8, 4) is 0 Å². The predicted molar refractivity (Wildman–Crippen MR) is 189 cm³/mol. The Labute approximate surface area is 247 Å². The first-order valence-corrected chi connectivity index (χ1v) is 17.9. The van der Waals surface area contributed by atoms with Gasteiger partial charge in [0.2, 0.25) is 0 Å². The Hall–Kier alpha value is -4.48. The lowest BCUT2D eigenvalue weighted by Gasteiger charge is -2.27. The molecule has 202 valence electrons. The quantitative estimate of drug-likeness (QED) is 0.173. The summed E-state index contributed by atoms with van der Waals surface area (Å²) >= 11 is 0. The highest BCUT2D eigenvalue weighted by atomic mass is 31.2. The minimum atomic E-state index is -2.13. The van der Waals surface area contributed by atoms with Crippen LogP contribution in [0.5, 0.6) is 0 Å². The maximum atomic E-state index is 5.05. The summed E-state index contributed by atoms with van der Waals surface area (Å²) in [5.74, 6) is 0. The molecular weight excluding hydrogens is 546 g/mol. The SMILES string of the molecule is C=P(c1ccccc1)(c1ccccc1)c1cnc2c(ccc3cc(P(=C)(c4ccccc4)c4ccccc4)cnc32)c1. The third-order valence-electron chi connectivity index (χ3n) is 8.14. The molecule has 0 saturated heterocycles. The molecule has 0 aliphatic heterocycles. The summed E-state index contributed by atoms with van der Waals surface area (Å²) in [6.07, 6.45) is 13.8. The average molecular weight is 577 g/mol. The fraction of sp³-hybridized carbons (Fsp3) is 0. The van der Waals surface area contributed by atoms with Crippen molar-refractivity contribution in [3.63, 3.8) is 0 Å². The lowest BCUT2D eigenvalue weighted by molar-refractivity contribution is 1.40. The molecule has 0 saturated carbocycles. The molecule has 0 atom stereocenters. The van der Waals surface area contributed by atoms with Crippen molar-refractivity contribution in [2.45, 2.75) is 0 Å². The van der Waals surface area contributed by atoms with Crippen LogP contribution in [-0.4, -0.2) is 22.6 Å². The molecule has 0 aliphatic carbocycles. The van der Waals surface area contributed by atoms with Gasteiger partial charge in [-0.2, -0.15) is 0 Å². The van der Waals surface area contributed by atoms with E-state index in [0.717, 1.165) is 32.4 Å². The topological polar surface area (TPSA) is 25.8 Å². The number of aromatic nitrogens is 2. The van der Waals surface area contributed by atoms with Crippen molar-refractivity contribution < 1.29 is 0 Å². The number of hydrogen-bond donors (Lipinski definition) is 0. The first-order chi connectivity index (χ1) is 20.6. The second-order valence-electron chi connectivity index (χ2n) is 10.6. The number of nitrogens with zero attached hydrogens (tertiary/aromatic N) is 2. The van der Waals surface area contributed by atoms with E-state index in [1.54, 1.807) is 0 Å². The van der Waals surface area contributed by atoms with Crippen molar-refractivity contribution in [3.05, 3.63) is 158 Å². The third kappa shape index (κ3) is 4.36. The summed E-state index contributed by atoms with van der Waals surface area (Å²) in [6, 6.07) is 51.4. The van der Waals surface area contributed by atoms with Gasteiger partial charge in [0.05, 0.1) is 11.0 Å². The van der Waals surface area contributed by atoms with E-state index in [0.29, 0.717) is 0 Å². The summed E-state index contributed by atoms with van der Waals surface area (Å²) in [7, 11) is 0. The summed E-state index contributed by atoms with van der Waals surface area (Å²) in [6.45, 7) is -4.25. The molecule has 2 aromatic heterocycles. The molecule has 2 heterocycles. The predicted octanol–water partition coefficient (Wildman–Crippen LogP) is 6.23. The zero-order chi connectivity index (χ0) is 28.6. The monoisotopic (exact) mass is 576 g/mol. The van der Waals surface area contributed by atoms with E-state index in [1.165, 1.54) is 21.2 Å². The number of benzene rings is 5. The van der Waals surface area contributed by atoms with Gasteiger partial charge in [-0.15, -0.1) is 0 Å². The fourth-order valence-electron chi connectivity index (χ4n) is 5.81. The van der Waals surface area contributed by atoms with E-state index in [-0.39, 0.29) is 0 Å². The maximum absolute atomic E-state index is 5.05. The summed E-state index contributed by atoms with van der Waals surface area (Å²) in [5.41, 5.74) is 1.81. The van der Waals surface area contributed by atoms with Gasteiger partial charge in [-0.1, -0.05) is 146 Å². The molecule has 0 fully saturated rings. The summed E-state index contributed by atoms with van der Waals surface area (Å²) < 4.78 is 0. The molecule has 5 aromatic carbocycles. The zero-order valence-electron chi connectivity index (χ0n) is 23.2. The smallest absolute Gasteiger partial charge is 0.0965 e. The van der Waals surface area contributed by atoms with Crippen LogP contribution in [0.1, 0.15) is 0 Å². The van der Waals surface area contributed by atoms with Crippen LogP contribution in [0.25, 0.3) is 21.8 Å². The Bertz CT molecular complexity index is 1880. The Morgan fingerprint density at radius 2 is 0.643 bits per heavy atom. The lowest BCUT2D eigenvalue weighted by Crippen LogP contribution is -2.26. The van der Waals surface area contributed by atoms with Crippen LogP contribution in [0, 0.1) is 0 Å². The molecule has 42 heavy (non-hydrogen) atoms. The van der Waals surface area contributed by atoms with Gasteiger partial charge in [0.25, 0.3) is 0 Å². The van der Waals surface area contributed by atoms with Gasteiger partial charge in [-0.05, 0) is 47.1 Å². The molecule has 0 unspecified atom stereocenters. The van der Waals surface area contributed by atoms with E-state index in [4.69, 9.17) is 22.6 Å². The molecule has 7 rings (SSSR count). The zero-order valence-corrected chi connectivity index (χ0v) is 25.0. The largest absolute Gasteiger partial charge is 0.253 e. The van der Waals surface area contributed by atoms with Crippen molar-refractivity contribution >= 4 is 80.0 Å². The van der Waals surface area contributed by atoms with E-state index >= 15 is 0 Å². The standard InChI is InChI=1S/C38H30N2P2/c1-41(31-15-7-3-8-16-31,32-17-9-4-10-18-32)35-25-29-23-24-30-26-36(28-40-38(30)37(29)39-27-35)42(2,33-19-11-5-12-20-33)34-21-13-6-14-22-34/h3-28H,1-2H2. The molecule has 2 nitrogen and oxygen atoms in total. The second kappa shape index (κ2) is 10.7. The van der Waals surface area contributed by atoms with E-state index in [9.17, 15) is 0 Å². The van der Waals surface area contributed by atoms with Gasteiger partial charge in [0.15, 0.2) is 0 Å². The van der Waals surface area contributed by atoms with Crippen LogP contribution in [0.4, 0.5) is 0 Å². The van der Waals surface area contributed by atoms with Crippen molar-refractivity contribution in [2.75, 3.05) is 0 Å². The van der Waals surface area contributed by atoms with E-state index < -0.39 is 13.8 Å². The second-order valence-corrected chi connectivity index (χ2v) is 16.9. The van der Waals surface area contributed by atoms with Crippen LogP contribution in [0.3, 0.4) is 0 Å². The summed E-state index contributed by atoms with van der Waals surface area (Å²) in [4.78, 5) is 10.1. The fourth-order valence-corrected chi connectivity index (χ4v) is 11.6. The minimum Gasteiger partial charge on any atom is -0.253 e. The van der Waals surface area contributed by atoms with Gasteiger partial charge in [-0.3, -0.25) is 9.97 Å². The Morgan fingerprint density at radius 1 is 0.357 bits per heavy atom. The first kappa shape index (κ1) is 26.4. The van der Waals surface area contributed by atoms with Gasteiger partial charge in [0.1, 0.15) is 0 Å².